The molecule has 182 valence electrons. The van der Waals surface area contributed by atoms with E-state index in [1.807, 2.05) is 62.5 Å². The number of hydrogen-bond donors (Lipinski definition) is 4. The molecule has 0 bridgehead atoms. The van der Waals surface area contributed by atoms with Crippen molar-refractivity contribution in [2.75, 3.05) is 37.1 Å². The summed E-state index contributed by atoms with van der Waals surface area (Å²) in [5, 5.41) is 13.8. The minimum Gasteiger partial charge on any atom is -0.492 e. The van der Waals surface area contributed by atoms with Crippen LogP contribution in [-0.2, 0) is 0 Å². The number of ether oxygens (including phenoxy) is 3. The molecular weight excluding hydrogens is 430 g/mol. The van der Waals surface area contributed by atoms with Gasteiger partial charge in [0.25, 0.3) is 0 Å². The van der Waals surface area contributed by atoms with Crippen molar-refractivity contribution in [3.05, 3.63) is 53.9 Å². The Hall–Kier alpha value is -3.39. The highest BCUT2D eigenvalue weighted by Crippen LogP contribution is 2.39. The van der Waals surface area contributed by atoms with Crippen LogP contribution in [0.4, 0.5) is 11.4 Å². The van der Waals surface area contributed by atoms with Crippen LogP contribution in [0.1, 0.15) is 40.0 Å². The van der Waals surface area contributed by atoms with Gasteiger partial charge in [-0.15, -0.1) is 0 Å². The highest BCUT2D eigenvalue weighted by molar-refractivity contribution is 5.82. The summed E-state index contributed by atoms with van der Waals surface area (Å²) in [6.07, 6.45) is 5.58. The van der Waals surface area contributed by atoms with Gasteiger partial charge in [-0.25, -0.2) is 4.99 Å². The highest BCUT2D eigenvalue weighted by atomic mass is 16.7. The third-order valence-electron chi connectivity index (χ3n) is 5.68. The summed E-state index contributed by atoms with van der Waals surface area (Å²) in [4.78, 5) is 4.68. The molecule has 0 radical (unpaired) electrons. The first kappa shape index (κ1) is 23.8. The maximum Gasteiger partial charge on any atom is 0.231 e. The zero-order valence-electron chi connectivity index (χ0n) is 20.2. The van der Waals surface area contributed by atoms with Crippen LogP contribution >= 0.6 is 0 Å². The number of benzene rings is 2. The molecule has 0 saturated heterocycles. The van der Waals surface area contributed by atoms with Crippen LogP contribution < -0.4 is 35.5 Å². The van der Waals surface area contributed by atoms with Crippen molar-refractivity contribution in [1.29, 1.82) is 0 Å². The lowest BCUT2D eigenvalue weighted by molar-refractivity contribution is 0.174. The van der Waals surface area contributed by atoms with Gasteiger partial charge in [0.05, 0.1) is 5.69 Å². The number of para-hydroxylation sites is 1. The second-order valence-electron chi connectivity index (χ2n) is 8.63. The SMILES string of the molecule is CCCCCNCCOc1ccc(NC2(C)N=CC(C)=C(Nc3cccc4c3OCO4)N2)cc1. The number of allylic oxidation sites excluding steroid dienone is 1. The minimum atomic E-state index is -0.720. The second kappa shape index (κ2) is 11.2. The third kappa shape index (κ3) is 6.14. The first-order valence-corrected chi connectivity index (χ1v) is 12.0. The Kier molecular flexibility index (Phi) is 7.80. The molecule has 0 saturated carbocycles. The smallest absolute Gasteiger partial charge is 0.231 e. The van der Waals surface area contributed by atoms with Gasteiger partial charge in [0, 0.05) is 24.0 Å². The maximum atomic E-state index is 5.84. The van der Waals surface area contributed by atoms with Gasteiger partial charge in [0.1, 0.15) is 18.2 Å². The van der Waals surface area contributed by atoms with Crippen molar-refractivity contribution in [1.82, 2.24) is 10.6 Å². The summed E-state index contributed by atoms with van der Waals surface area (Å²) in [7, 11) is 0. The van der Waals surface area contributed by atoms with Crippen molar-refractivity contribution in [2.45, 2.75) is 45.8 Å². The van der Waals surface area contributed by atoms with E-state index >= 15 is 0 Å². The lowest BCUT2D eigenvalue weighted by Crippen LogP contribution is -2.50. The van der Waals surface area contributed by atoms with E-state index in [9.17, 15) is 0 Å². The Balaban J connectivity index is 1.30. The van der Waals surface area contributed by atoms with Crippen LogP contribution in [-0.4, -0.2) is 38.5 Å². The van der Waals surface area contributed by atoms with E-state index < -0.39 is 5.79 Å². The minimum absolute atomic E-state index is 0.232. The number of rotatable bonds is 12. The Labute approximate surface area is 201 Å². The largest absolute Gasteiger partial charge is 0.492 e. The predicted molar refractivity (Wildman–Crippen MR) is 137 cm³/mol. The number of aliphatic imine (C=N–C) groups is 1. The monoisotopic (exact) mass is 465 g/mol. The molecule has 34 heavy (non-hydrogen) atoms. The maximum absolute atomic E-state index is 5.84. The van der Waals surface area contributed by atoms with E-state index in [1.165, 1.54) is 19.3 Å². The van der Waals surface area contributed by atoms with E-state index in [-0.39, 0.29) is 6.79 Å². The van der Waals surface area contributed by atoms with Gasteiger partial charge in [-0.2, -0.15) is 0 Å². The van der Waals surface area contributed by atoms with Gasteiger partial charge in [0.2, 0.25) is 12.6 Å². The lowest BCUT2D eigenvalue weighted by Gasteiger charge is -2.34. The van der Waals surface area contributed by atoms with Gasteiger partial charge in [-0.1, -0.05) is 25.8 Å². The van der Waals surface area contributed by atoms with Gasteiger partial charge in [-0.3, -0.25) is 0 Å². The van der Waals surface area contributed by atoms with E-state index in [2.05, 4.69) is 33.2 Å². The molecule has 2 aromatic rings. The molecule has 8 heteroatoms. The molecular formula is C26H35N5O3. The third-order valence-corrected chi connectivity index (χ3v) is 5.68. The Morgan fingerprint density at radius 1 is 1.09 bits per heavy atom. The number of anilines is 2. The molecule has 2 aliphatic rings. The number of unbranched alkanes of at least 4 members (excludes halogenated alkanes) is 2. The summed E-state index contributed by atoms with van der Waals surface area (Å²) in [6, 6.07) is 13.7. The summed E-state index contributed by atoms with van der Waals surface area (Å²) < 4.78 is 16.9. The first-order chi connectivity index (χ1) is 16.6. The van der Waals surface area contributed by atoms with E-state index in [4.69, 9.17) is 14.2 Å². The predicted octanol–water partition coefficient (Wildman–Crippen LogP) is 4.68. The fraction of sp³-hybridized carbons (Fsp3) is 0.423. The fourth-order valence-electron chi connectivity index (χ4n) is 3.80. The Morgan fingerprint density at radius 3 is 2.76 bits per heavy atom. The van der Waals surface area contributed by atoms with Crippen LogP contribution in [0.15, 0.2) is 58.9 Å². The standard InChI is InChI=1S/C26H35N5O3/c1-4-5-6-14-27-15-16-32-21-12-10-20(11-13-21)30-26(3)28-17-19(2)25(31-26)29-22-8-7-9-23-24(22)34-18-33-23/h7-13,17,27,29-31H,4-6,14-16,18H2,1-3H3. The van der Waals surface area contributed by atoms with Crippen molar-refractivity contribution in [3.63, 3.8) is 0 Å². The number of nitrogens with one attached hydrogen (secondary N) is 4. The van der Waals surface area contributed by atoms with Crippen molar-refractivity contribution < 1.29 is 14.2 Å². The summed E-state index contributed by atoms with van der Waals surface area (Å²) >= 11 is 0. The highest BCUT2D eigenvalue weighted by Gasteiger charge is 2.28. The molecule has 0 aliphatic carbocycles. The van der Waals surface area contributed by atoms with Crippen LogP contribution in [0.5, 0.6) is 17.2 Å². The van der Waals surface area contributed by atoms with Gasteiger partial charge in [0.15, 0.2) is 11.5 Å². The number of fused-ring (bicyclic) bond motifs is 1. The molecule has 2 aliphatic heterocycles. The Bertz CT molecular complexity index is 1020. The molecule has 0 spiro atoms. The molecule has 2 heterocycles. The first-order valence-electron chi connectivity index (χ1n) is 12.0. The van der Waals surface area contributed by atoms with Gasteiger partial charge in [-0.05, 0) is 63.2 Å². The van der Waals surface area contributed by atoms with Gasteiger partial charge < -0.3 is 35.5 Å². The fourth-order valence-corrected chi connectivity index (χ4v) is 3.80. The van der Waals surface area contributed by atoms with E-state index in [1.54, 1.807) is 0 Å². The summed E-state index contributed by atoms with van der Waals surface area (Å²) in [5.74, 6) is 2.43. The van der Waals surface area contributed by atoms with Crippen LogP contribution in [0.25, 0.3) is 0 Å². The van der Waals surface area contributed by atoms with Crippen molar-refractivity contribution >= 4 is 17.6 Å². The van der Waals surface area contributed by atoms with Crippen LogP contribution in [0.2, 0.25) is 0 Å². The van der Waals surface area contributed by atoms with Crippen LogP contribution in [0, 0.1) is 0 Å². The Morgan fingerprint density at radius 2 is 1.94 bits per heavy atom. The molecule has 1 unspecified atom stereocenters. The quantitative estimate of drug-likeness (QED) is 0.339. The topological polar surface area (TPSA) is 88.2 Å². The molecule has 4 rings (SSSR count). The average Bonchev–Trinajstić information content (AvgIpc) is 3.32. The molecule has 0 aromatic heterocycles. The molecule has 8 nitrogen and oxygen atoms in total. The molecule has 0 fully saturated rings. The molecule has 0 amide bonds. The van der Waals surface area contributed by atoms with Crippen LogP contribution in [0.3, 0.4) is 0 Å². The zero-order chi connectivity index (χ0) is 23.8. The molecule has 4 N–H and O–H groups in total. The molecule has 2 aromatic carbocycles. The lowest BCUT2D eigenvalue weighted by atomic mass is 10.2. The number of hydrogen-bond acceptors (Lipinski definition) is 8. The van der Waals surface area contributed by atoms with E-state index in [0.29, 0.717) is 12.4 Å². The van der Waals surface area contributed by atoms with Gasteiger partial charge >= 0.3 is 0 Å². The second-order valence-corrected chi connectivity index (χ2v) is 8.63. The zero-order valence-corrected chi connectivity index (χ0v) is 20.2. The number of nitrogens with zero attached hydrogens (tertiary/aromatic N) is 1. The normalized spacial score (nSPS) is 18.6. The summed E-state index contributed by atoms with van der Waals surface area (Å²) in [6.45, 7) is 8.99. The van der Waals surface area contributed by atoms with Crippen molar-refractivity contribution in [2.24, 2.45) is 4.99 Å². The van der Waals surface area contributed by atoms with E-state index in [0.717, 1.165) is 47.4 Å². The summed E-state index contributed by atoms with van der Waals surface area (Å²) in [5.41, 5.74) is 2.77. The molecule has 1 atom stereocenters. The van der Waals surface area contributed by atoms with Crippen molar-refractivity contribution in [3.8, 4) is 17.2 Å². The average molecular weight is 466 g/mol.